The van der Waals surface area contributed by atoms with Crippen molar-refractivity contribution in [3.8, 4) is 0 Å². The van der Waals surface area contributed by atoms with Gasteiger partial charge >= 0.3 is 5.97 Å². The fourth-order valence-corrected chi connectivity index (χ4v) is 2.22. The lowest BCUT2D eigenvalue weighted by Crippen LogP contribution is -2.41. The molecule has 5 heteroatoms. The van der Waals surface area contributed by atoms with Gasteiger partial charge in [-0.15, -0.1) is 0 Å². The quantitative estimate of drug-likeness (QED) is 0.825. The zero-order valence-electron chi connectivity index (χ0n) is 11.6. The molecule has 1 aromatic rings. The number of amides is 1. The summed E-state index contributed by atoms with van der Waals surface area (Å²) >= 11 is 0. The van der Waals surface area contributed by atoms with Crippen molar-refractivity contribution in [1.82, 2.24) is 0 Å². The van der Waals surface area contributed by atoms with Crippen LogP contribution in [0.3, 0.4) is 0 Å². The maximum absolute atomic E-state index is 12.6. The van der Waals surface area contributed by atoms with Crippen LogP contribution in [0.5, 0.6) is 0 Å². The highest BCUT2D eigenvalue weighted by molar-refractivity contribution is 5.99. The Morgan fingerprint density at radius 1 is 1.30 bits per heavy atom. The predicted octanol–water partition coefficient (Wildman–Crippen LogP) is 1.54. The van der Waals surface area contributed by atoms with E-state index in [0.717, 1.165) is 24.1 Å². The van der Waals surface area contributed by atoms with Gasteiger partial charge in [-0.05, 0) is 31.9 Å². The summed E-state index contributed by atoms with van der Waals surface area (Å²) in [6, 6.07) is 7.53. The zero-order chi connectivity index (χ0) is 14.8. The smallest absolute Gasteiger partial charge is 0.305 e. The minimum atomic E-state index is -0.910. The highest BCUT2D eigenvalue weighted by Crippen LogP contribution is 2.46. The van der Waals surface area contributed by atoms with Crippen LogP contribution in [-0.4, -0.2) is 30.1 Å². The molecule has 0 radical (unpaired) electrons. The molecule has 1 fully saturated rings. The maximum atomic E-state index is 12.6. The minimum Gasteiger partial charge on any atom is -0.481 e. The standard InChI is InChI=1S/C15H20N2O3/c1-11-2-4-12(5-3-11)17(9-6-13(18)19)14(20)15(10-16)7-8-15/h2-5H,6-10,16H2,1H3,(H,18,19). The van der Waals surface area contributed by atoms with Crippen LogP contribution in [-0.2, 0) is 9.59 Å². The second kappa shape index (κ2) is 5.63. The fourth-order valence-electron chi connectivity index (χ4n) is 2.22. The van der Waals surface area contributed by atoms with Crippen molar-refractivity contribution in [3.63, 3.8) is 0 Å². The van der Waals surface area contributed by atoms with Gasteiger partial charge in [-0.3, -0.25) is 9.59 Å². The molecule has 0 saturated heterocycles. The molecule has 0 spiro atoms. The number of anilines is 1. The van der Waals surface area contributed by atoms with Crippen LogP contribution >= 0.6 is 0 Å². The number of aryl methyl sites for hydroxylation is 1. The monoisotopic (exact) mass is 276 g/mol. The largest absolute Gasteiger partial charge is 0.481 e. The van der Waals surface area contributed by atoms with Crippen LogP contribution in [0.15, 0.2) is 24.3 Å². The number of carbonyl (C=O) groups is 2. The van der Waals surface area contributed by atoms with E-state index in [1.165, 1.54) is 0 Å². The van der Waals surface area contributed by atoms with Crippen molar-refractivity contribution in [3.05, 3.63) is 29.8 Å². The third-order valence-electron chi connectivity index (χ3n) is 3.84. The fraction of sp³-hybridized carbons (Fsp3) is 0.467. The molecule has 5 nitrogen and oxygen atoms in total. The number of benzene rings is 1. The molecule has 1 aliphatic carbocycles. The number of rotatable bonds is 6. The number of hydrogen-bond donors (Lipinski definition) is 2. The maximum Gasteiger partial charge on any atom is 0.305 e. The molecular formula is C15H20N2O3. The van der Waals surface area contributed by atoms with Gasteiger partial charge in [0.2, 0.25) is 5.91 Å². The molecule has 0 unspecified atom stereocenters. The number of nitrogens with two attached hydrogens (primary N) is 1. The molecule has 0 heterocycles. The first-order chi connectivity index (χ1) is 9.48. The summed E-state index contributed by atoms with van der Waals surface area (Å²) in [6.07, 6.45) is 1.51. The van der Waals surface area contributed by atoms with Crippen LogP contribution in [0.1, 0.15) is 24.8 Å². The van der Waals surface area contributed by atoms with E-state index in [1.807, 2.05) is 31.2 Å². The lowest BCUT2D eigenvalue weighted by Gasteiger charge is -2.26. The van der Waals surface area contributed by atoms with Crippen LogP contribution in [0.25, 0.3) is 0 Å². The highest BCUT2D eigenvalue weighted by atomic mass is 16.4. The molecule has 0 aliphatic heterocycles. The molecule has 1 amide bonds. The molecule has 108 valence electrons. The number of nitrogens with zero attached hydrogens (tertiary/aromatic N) is 1. The number of carboxylic acid groups (broad SMARTS) is 1. The van der Waals surface area contributed by atoms with E-state index in [9.17, 15) is 9.59 Å². The summed E-state index contributed by atoms with van der Waals surface area (Å²) in [6.45, 7) is 2.47. The Hall–Kier alpha value is -1.88. The lowest BCUT2D eigenvalue weighted by molar-refractivity contribution is -0.136. The molecule has 3 N–H and O–H groups in total. The average molecular weight is 276 g/mol. The molecule has 1 aromatic carbocycles. The normalized spacial score (nSPS) is 15.7. The molecule has 0 bridgehead atoms. The van der Waals surface area contributed by atoms with Gasteiger partial charge in [0, 0.05) is 18.8 Å². The van der Waals surface area contributed by atoms with Gasteiger partial charge in [0.15, 0.2) is 0 Å². The first-order valence-corrected chi connectivity index (χ1v) is 6.79. The van der Waals surface area contributed by atoms with Gasteiger partial charge in [0.25, 0.3) is 0 Å². The second-order valence-electron chi connectivity index (χ2n) is 5.42. The van der Waals surface area contributed by atoms with E-state index in [2.05, 4.69) is 0 Å². The van der Waals surface area contributed by atoms with E-state index >= 15 is 0 Å². The van der Waals surface area contributed by atoms with Gasteiger partial charge in [0.05, 0.1) is 11.8 Å². The second-order valence-corrected chi connectivity index (χ2v) is 5.42. The van der Waals surface area contributed by atoms with Gasteiger partial charge in [-0.25, -0.2) is 0 Å². The number of aliphatic carboxylic acids is 1. The highest BCUT2D eigenvalue weighted by Gasteiger charge is 2.50. The molecular weight excluding hydrogens is 256 g/mol. The van der Waals surface area contributed by atoms with E-state index in [4.69, 9.17) is 10.8 Å². The predicted molar refractivity (Wildman–Crippen MR) is 76.5 cm³/mol. The first-order valence-electron chi connectivity index (χ1n) is 6.79. The first kappa shape index (κ1) is 14.5. The van der Waals surface area contributed by atoms with Crippen LogP contribution < -0.4 is 10.6 Å². The molecule has 1 saturated carbocycles. The van der Waals surface area contributed by atoms with Gasteiger partial charge in [0.1, 0.15) is 0 Å². The van der Waals surface area contributed by atoms with E-state index in [0.29, 0.717) is 6.54 Å². The van der Waals surface area contributed by atoms with Crippen LogP contribution in [0.4, 0.5) is 5.69 Å². The molecule has 0 aromatic heterocycles. The Bertz CT molecular complexity index is 506. The van der Waals surface area contributed by atoms with Crippen LogP contribution in [0, 0.1) is 12.3 Å². The Kier molecular flexibility index (Phi) is 4.09. The van der Waals surface area contributed by atoms with E-state index in [-0.39, 0.29) is 18.9 Å². The summed E-state index contributed by atoms with van der Waals surface area (Å²) in [4.78, 5) is 25.0. The van der Waals surface area contributed by atoms with Crippen molar-refractivity contribution < 1.29 is 14.7 Å². The third-order valence-corrected chi connectivity index (χ3v) is 3.84. The van der Waals surface area contributed by atoms with Gasteiger partial charge < -0.3 is 15.7 Å². The molecule has 2 rings (SSSR count). The molecule has 20 heavy (non-hydrogen) atoms. The molecule has 1 aliphatic rings. The van der Waals surface area contributed by atoms with Crippen molar-refractivity contribution in [2.45, 2.75) is 26.2 Å². The van der Waals surface area contributed by atoms with Crippen molar-refractivity contribution in [2.75, 3.05) is 18.0 Å². The van der Waals surface area contributed by atoms with Crippen molar-refractivity contribution in [1.29, 1.82) is 0 Å². The van der Waals surface area contributed by atoms with Crippen LogP contribution in [0.2, 0.25) is 0 Å². The summed E-state index contributed by atoms with van der Waals surface area (Å²) in [5.74, 6) is -0.961. The lowest BCUT2D eigenvalue weighted by atomic mass is 10.0. The Balaban J connectivity index is 2.22. The van der Waals surface area contributed by atoms with E-state index in [1.54, 1.807) is 4.90 Å². The number of carboxylic acids is 1. The Labute approximate surface area is 118 Å². The van der Waals surface area contributed by atoms with Gasteiger partial charge in [-0.2, -0.15) is 0 Å². The average Bonchev–Trinajstić information content (AvgIpc) is 3.21. The zero-order valence-corrected chi connectivity index (χ0v) is 11.6. The number of carbonyl (C=O) groups excluding carboxylic acids is 1. The van der Waals surface area contributed by atoms with Crippen molar-refractivity contribution in [2.24, 2.45) is 11.1 Å². The Morgan fingerprint density at radius 2 is 1.90 bits per heavy atom. The minimum absolute atomic E-state index is 0.0508. The Morgan fingerprint density at radius 3 is 2.35 bits per heavy atom. The summed E-state index contributed by atoms with van der Waals surface area (Å²) in [5.41, 5.74) is 7.07. The topological polar surface area (TPSA) is 83.6 Å². The van der Waals surface area contributed by atoms with E-state index < -0.39 is 11.4 Å². The summed E-state index contributed by atoms with van der Waals surface area (Å²) in [7, 11) is 0. The van der Waals surface area contributed by atoms with Gasteiger partial charge in [-0.1, -0.05) is 17.7 Å². The van der Waals surface area contributed by atoms with Crippen molar-refractivity contribution >= 4 is 17.6 Å². The molecule has 0 atom stereocenters. The summed E-state index contributed by atoms with van der Waals surface area (Å²) in [5, 5.41) is 8.85. The third kappa shape index (κ3) is 2.99. The SMILES string of the molecule is Cc1ccc(N(CCC(=O)O)C(=O)C2(CN)CC2)cc1. The number of hydrogen-bond acceptors (Lipinski definition) is 3. The summed E-state index contributed by atoms with van der Waals surface area (Å²) < 4.78 is 0.